The summed E-state index contributed by atoms with van der Waals surface area (Å²) in [5.74, 6) is 3.57. The van der Waals surface area contributed by atoms with Crippen molar-refractivity contribution in [2.24, 2.45) is 0 Å². The number of ether oxygens (including phenoxy) is 11. The van der Waals surface area contributed by atoms with E-state index in [1.54, 1.807) is 13.8 Å². The molecule has 4 N–H and O–H groups in total. The molecular formula is C69H110BO15. The first kappa shape index (κ1) is 76.8. The lowest BCUT2D eigenvalue weighted by atomic mass is 10.1. The molecule has 0 saturated carbocycles. The first-order chi connectivity index (χ1) is 40.8. The maximum Gasteiger partial charge on any atom is 0.119 e. The summed E-state index contributed by atoms with van der Waals surface area (Å²) >= 11 is 0. The molecule has 85 heavy (non-hydrogen) atoms. The molecule has 0 spiro atoms. The molecule has 4 aromatic rings. The molecule has 0 bridgehead atoms. The van der Waals surface area contributed by atoms with Crippen LogP contribution in [0.4, 0.5) is 0 Å². The Balaban J connectivity index is 0.000000620. The highest BCUT2D eigenvalue weighted by Gasteiger charge is 2.14. The molecule has 7 atom stereocenters. The minimum absolute atomic E-state index is 0. The standard InChI is InChI=1S/C42H70O10.C24H34O4.C3H6O.B/c1-33(43)27-49-37(5)31-51-35(3)29-45-23-11-7-9-13-25-47-41-19-15-39(16-20-41)40-17-21-42(22-18-40)48-26-14-10-8-12-24-46-30-36(4)52-32-38(6)50-28-34(2)44;25-17-5-1-3-7-19-27-23-13-9-21(10-14-23)22-11-15-24(16-12-22)28-20-8-4-2-6-18-26;1-3-2-4-3;/h15-22,33-38,43-44H,7-14,23-32H2,1-6H3;9-16,25-26H,1-8,17-20H2;3H,2H2,1H3;. The SMILES string of the molecule is CC(O)COC(C)COC(C)COCCCCCCOc1ccc(-c2ccc(OCCCCCCOCC(C)OCC(C)OCC(C)O)cc2)cc1.CC1CO1.OCCCCCCOc1ccc(-c2ccc(OCCCCCCO)cc2)cc1.[B]. The average molecular weight is 1190 g/mol. The Morgan fingerprint density at radius 2 is 0.576 bits per heavy atom. The van der Waals surface area contributed by atoms with Gasteiger partial charge in [-0.15, -0.1) is 0 Å². The highest BCUT2D eigenvalue weighted by Crippen LogP contribution is 2.27. The average Bonchev–Trinajstić information content (AvgIpc) is 4.43. The summed E-state index contributed by atoms with van der Waals surface area (Å²) in [5.41, 5.74) is 4.62. The fourth-order valence-electron chi connectivity index (χ4n) is 8.18. The third kappa shape index (κ3) is 42.3. The number of epoxide rings is 1. The highest BCUT2D eigenvalue weighted by atomic mass is 16.6. The van der Waals surface area contributed by atoms with Gasteiger partial charge in [-0.25, -0.2) is 0 Å². The number of unbranched alkanes of at least 4 members (excludes halogenated alkanes) is 12. The summed E-state index contributed by atoms with van der Waals surface area (Å²) in [6.45, 7) is 22.0. The van der Waals surface area contributed by atoms with Crippen LogP contribution in [0.25, 0.3) is 22.3 Å². The molecule has 5 rings (SSSR count). The van der Waals surface area contributed by atoms with Gasteiger partial charge in [0, 0.05) is 34.8 Å². The normalized spacial score (nSPS) is 14.7. The largest absolute Gasteiger partial charge is 0.494 e. The van der Waals surface area contributed by atoms with Crippen molar-refractivity contribution in [1.29, 1.82) is 0 Å². The number of benzene rings is 4. The molecule has 1 aliphatic rings. The smallest absolute Gasteiger partial charge is 0.119 e. The second-order valence-electron chi connectivity index (χ2n) is 22.2. The van der Waals surface area contributed by atoms with Gasteiger partial charge in [-0.1, -0.05) is 74.2 Å². The summed E-state index contributed by atoms with van der Waals surface area (Å²) < 4.78 is 62.2. The molecule has 1 fully saturated rings. The highest BCUT2D eigenvalue weighted by molar-refractivity contribution is 5.75. The number of aliphatic hydroxyl groups excluding tert-OH is 4. The Bertz CT molecular complexity index is 1950. The van der Waals surface area contributed by atoms with Crippen LogP contribution in [0.3, 0.4) is 0 Å². The number of rotatable bonds is 48. The van der Waals surface area contributed by atoms with Gasteiger partial charge in [0.2, 0.25) is 0 Å². The summed E-state index contributed by atoms with van der Waals surface area (Å²) in [6.07, 6.45) is 16.2. The molecule has 0 aromatic heterocycles. The molecule has 1 aliphatic heterocycles. The quantitative estimate of drug-likeness (QED) is 0.0186. The molecule has 0 amide bonds. The van der Waals surface area contributed by atoms with Crippen LogP contribution in [0.2, 0.25) is 0 Å². The minimum atomic E-state index is -0.462. The van der Waals surface area contributed by atoms with Crippen LogP contribution >= 0.6 is 0 Å². The maximum absolute atomic E-state index is 9.29. The van der Waals surface area contributed by atoms with Crippen LogP contribution in [0, 0.1) is 0 Å². The van der Waals surface area contributed by atoms with E-state index in [-0.39, 0.29) is 46.0 Å². The lowest BCUT2D eigenvalue weighted by Crippen LogP contribution is -2.25. The lowest BCUT2D eigenvalue weighted by Gasteiger charge is -2.18. The van der Waals surface area contributed by atoms with Gasteiger partial charge in [-0.05, 0) is 196 Å². The predicted molar refractivity (Wildman–Crippen MR) is 342 cm³/mol. The summed E-state index contributed by atoms with van der Waals surface area (Å²) in [5, 5.41) is 36.1. The maximum atomic E-state index is 9.29. The van der Waals surface area contributed by atoms with Crippen molar-refractivity contribution >= 4 is 8.41 Å². The number of aliphatic hydroxyl groups is 4. The Labute approximate surface area is 514 Å². The molecular weight excluding hydrogens is 1080 g/mol. The van der Waals surface area contributed by atoms with Crippen LogP contribution in [0.1, 0.15) is 151 Å². The predicted octanol–water partition coefficient (Wildman–Crippen LogP) is 12.9. The van der Waals surface area contributed by atoms with E-state index in [4.69, 9.17) is 62.3 Å². The van der Waals surface area contributed by atoms with Crippen LogP contribution in [0.5, 0.6) is 23.0 Å². The zero-order valence-electron chi connectivity index (χ0n) is 53.1. The van der Waals surface area contributed by atoms with E-state index in [0.717, 1.165) is 181 Å². The van der Waals surface area contributed by atoms with Gasteiger partial charge in [0.05, 0.1) is 115 Å². The van der Waals surface area contributed by atoms with Gasteiger partial charge in [-0.3, -0.25) is 0 Å². The van der Waals surface area contributed by atoms with Gasteiger partial charge >= 0.3 is 0 Å². The molecule has 0 aliphatic carbocycles. The zero-order valence-corrected chi connectivity index (χ0v) is 53.1. The monoisotopic (exact) mass is 1190 g/mol. The van der Waals surface area contributed by atoms with Crippen molar-refractivity contribution < 1.29 is 72.5 Å². The second-order valence-corrected chi connectivity index (χ2v) is 22.2. The first-order valence-electron chi connectivity index (χ1n) is 31.6. The number of hydrogen-bond donors (Lipinski definition) is 4. The molecule has 4 aromatic carbocycles. The van der Waals surface area contributed by atoms with Gasteiger partial charge in [0.1, 0.15) is 23.0 Å². The summed E-state index contributed by atoms with van der Waals surface area (Å²) in [6, 6.07) is 32.9. The molecule has 1 heterocycles. The minimum Gasteiger partial charge on any atom is -0.494 e. The van der Waals surface area contributed by atoms with Gasteiger partial charge < -0.3 is 72.5 Å². The van der Waals surface area contributed by atoms with E-state index < -0.39 is 12.2 Å². The van der Waals surface area contributed by atoms with E-state index in [9.17, 15) is 10.2 Å². The number of hydrogen-bond acceptors (Lipinski definition) is 15. The summed E-state index contributed by atoms with van der Waals surface area (Å²) in [7, 11) is 0. The van der Waals surface area contributed by atoms with E-state index in [1.807, 2.05) is 76.2 Å². The fraction of sp³-hybridized carbons (Fsp3) is 0.652. The van der Waals surface area contributed by atoms with E-state index in [1.165, 1.54) is 0 Å². The Hall–Kier alpha value is -4.30. The van der Waals surface area contributed by atoms with Gasteiger partial charge in [0.25, 0.3) is 0 Å². The van der Waals surface area contributed by atoms with Crippen LogP contribution in [-0.2, 0) is 33.2 Å². The second kappa shape index (κ2) is 50.7. The molecule has 15 nitrogen and oxygen atoms in total. The van der Waals surface area contributed by atoms with Crippen molar-refractivity contribution in [1.82, 2.24) is 0 Å². The third-order valence-electron chi connectivity index (χ3n) is 13.3. The molecule has 479 valence electrons. The van der Waals surface area contributed by atoms with Crippen molar-refractivity contribution in [3.63, 3.8) is 0 Å². The Morgan fingerprint density at radius 3 is 0.812 bits per heavy atom. The first-order valence-corrected chi connectivity index (χ1v) is 31.6. The van der Waals surface area contributed by atoms with Crippen molar-refractivity contribution in [2.45, 2.75) is 194 Å². The van der Waals surface area contributed by atoms with E-state index >= 15 is 0 Å². The van der Waals surface area contributed by atoms with Crippen LogP contribution < -0.4 is 18.9 Å². The molecule has 1 saturated heterocycles. The van der Waals surface area contributed by atoms with Crippen LogP contribution in [-0.4, -0.2) is 171 Å². The zero-order chi connectivity index (χ0) is 60.7. The lowest BCUT2D eigenvalue weighted by molar-refractivity contribution is -0.0701. The van der Waals surface area contributed by atoms with Crippen molar-refractivity contribution in [3.05, 3.63) is 97.1 Å². The van der Waals surface area contributed by atoms with E-state index in [2.05, 4.69) is 55.5 Å². The molecule has 7 unspecified atom stereocenters. The van der Waals surface area contributed by atoms with Gasteiger partial charge in [0.15, 0.2) is 0 Å². The topological polar surface area (TPSA) is 186 Å². The third-order valence-corrected chi connectivity index (χ3v) is 13.3. The Kier molecular flexibility index (Phi) is 45.8. The van der Waals surface area contributed by atoms with Crippen molar-refractivity contribution in [2.75, 3.05) is 99.1 Å². The molecule has 3 radical (unpaired) electrons. The van der Waals surface area contributed by atoms with E-state index in [0.29, 0.717) is 59.0 Å². The van der Waals surface area contributed by atoms with Crippen molar-refractivity contribution in [3.8, 4) is 45.3 Å². The molecule has 16 heteroatoms. The Morgan fingerprint density at radius 1 is 0.353 bits per heavy atom. The van der Waals surface area contributed by atoms with Crippen LogP contribution in [0.15, 0.2) is 97.1 Å². The fourth-order valence-corrected chi connectivity index (χ4v) is 8.18. The summed E-state index contributed by atoms with van der Waals surface area (Å²) in [4.78, 5) is 0. The van der Waals surface area contributed by atoms with Gasteiger partial charge in [-0.2, -0.15) is 0 Å².